The summed E-state index contributed by atoms with van der Waals surface area (Å²) < 4.78 is 2.07. The molecule has 6 rings (SSSR count). The van der Waals surface area contributed by atoms with E-state index in [1.54, 1.807) is 18.5 Å². The molecule has 44 heavy (non-hydrogen) atoms. The standard InChI is InChI=1S/C34H34N10/c1-3-6-24(4-2)29-12-13-30-33(41-29)44(32(42-30)28-7-5-17-37-31(28)36)27-10-8-23(9-11-27)22-43-19-15-25(16-20-43)39-34-38-18-14-26(21-35)40-34/h3-14,17-18,25H,15-16,19-20,22H2,1-2H3,(H2,36,37)(H,38,39,40)/b6-3-,24-4+. The second-order valence-electron chi connectivity index (χ2n) is 10.7. The Morgan fingerprint density at radius 2 is 1.82 bits per heavy atom. The van der Waals surface area contributed by atoms with Gasteiger partial charge in [-0.25, -0.2) is 24.9 Å². The zero-order chi connectivity index (χ0) is 30.5. The number of benzene rings is 1. The molecule has 1 aromatic carbocycles. The van der Waals surface area contributed by atoms with E-state index >= 15 is 0 Å². The predicted octanol–water partition coefficient (Wildman–Crippen LogP) is 5.78. The molecule has 0 aliphatic carbocycles. The van der Waals surface area contributed by atoms with Crippen molar-refractivity contribution in [2.24, 2.45) is 0 Å². The minimum Gasteiger partial charge on any atom is -0.383 e. The van der Waals surface area contributed by atoms with E-state index < -0.39 is 0 Å². The van der Waals surface area contributed by atoms with Crippen LogP contribution in [-0.2, 0) is 6.54 Å². The van der Waals surface area contributed by atoms with Crippen LogP contribution in [0.1, 0.15) is 43.6 Å². The third-order valence-electron chi connectivity index (χ3n) is 7.83. The number of nitrogens with two attached hydrogens (primary N) is 1. The highest BCUT2D eigenvalue weighted by Gasteiger charge is 2.21. The summed E-state index contributed by atoms with van der Waals surface area (Å²) in [5, 5.41) is 12.5. The van der Waals surface area contributed by atoms with Crippen molar-refractivity contribution >= 4 is 28.5 Å². The van der Waals surface area contributed by atoms with Crippen LogP contribution in [0.5, 0.6) is 0 Å². The number of hydrogen-bond donors (Lipinski definition) is 2. The number of nitrogens with zero attached hydrogens (tertiary/aromatic N) is 8. The molecule has 10 heteroatoms. The first-order valence-corrected chi connectivity index (χ1v) is 14.8. The molecular weight excluding hydrogens is 548 g/mol. The van der Waals surface area contributed by atoms with Gasteiger partial charge in [0.2, 0.25) is 5.95 Å². The van der Waals surface area contributed by atoms with E-state index in [1.165, 1.54) is 5.56 Å². The zero-order valence-corrected chi connectivity index (χ0v) is 24.9. The lowest BCUT2D eigenvalue weighted by atomic mass is 10.0. The topological polar surface area (TPSA) is 134 Å². The molecule has 3 N–H and O–H groups in total. The van der Waals surface area contributed by atoms with Crippen molar-refractivity contribution < 1.29 is 0 Å². The van der Waals surface area contributed by atoms with Crippen LogP contribution in [0.2, 0.25) is 0 Å². The van der Waals surface area contributed by atoms with Gasteiger partial charge in [-0.1, -0.05) is 30.4 Å². The Labute approximate surface area is 256 Å². The predicted molar refractivity (Wildman–Crippen MR) is 174 cm³/mol. The zero-order valence-electron chi connectivity index (χ0n) is 24.9. The molecule has 1 aliphatic rings. The number of nitrogens with one attached hydrogen (secondary N) is 1. The van der Waals surface area contributed by atoms with Gasteiger partial charge in [0.25, 0.3) is 0 Å². The molecule has 1 saturated heterocycles. The number of rotatable bonds is 8. The summed E-state index contributed by atoms with van der Waals surface area (Å²) in [7, 11) is 0. The van der Waals surface area contributed by atoms with Crippen LogP contribution in [0.15, 0.2) is 85.2 Å². The number of fused-ring (bicyclic) bond motifs is 1. The van der Waals surface area contributed by atoms with Gasteiger partial charge in [0.05, 0.1) is 11.3 Å². The minimum absolute atomic E-state index is 0.281. The van der Waals surface area contributed by atoms with Gasteiger partial charge in [-0.3, -0.25) is 9.47 Å². The summed E-state index contributed by atoms with van der Waals surface area (Å²) >= 11 is 0. The Hall–Kier alpha value is -5.40. The van der Waals surface area contributed by atoms with E-state index in [9.17, 15) is 0 Å². The fourth-order valence-corrected chi connectivity index (χ4v) is 5.58. The molecule has 4 aromatic heterocycles. The van der Waals surface area contributed by atoms with E-state index in [0.717, 1.165) is 66.2 Å². The fourth-order valence-electron chi connectivity index (χ4n) is 5.58. The van der Waals surface area contributed by atoms with Gasteiger partial charge >= 0.3 is 0 Å². The first kappa shape index (κ1) is 28.7. The second kappa shape index (κ2) is 12.9. The molecule has 10 nitrogen and oxygen atoms in total. The van der Waals surface area contributed by atoms with Crippen molar-refractivity contribution in [1.29, 1.82) is 5.26 Å². The molecule has 0 atom stereocenters. The molecular formula is C34H34N10. The molecule has 5 heterocycles. The van der Waals surface area contributed by atoms with Crippen LogP contribution in [0, 0.1) is 11.3 Å². The molecule has 0 saturated carbocycles. The molecule has 5 aromatic rings. The maximum absolute atomic E-state index is 9.10. The number of imidazole rings is 1. The molecule has 0 bridgehead atoms. The summed E-state index contributed by atoms with van der Waals surface area (Å²) in [4.78, 5) is 25.3. The van der Waals surface area contributed by atoms with Crippen LogP contribution in [0.3, 0.4) is 0 Å². The van der Waals surface area contributed by atoms with E-state index in [0.29, 0.717) is 23.3 Å². The molecule has 1 fully saturated rings. The van der Waals surface area contributed by atoms with Crippen LogP contribution < -0.4 is 11.1 Å². The minimum atomic E-state index is 0.281. The maximum Gasteiger partial charge on any atom is 0.224 e. The quantitative estimate of drug-likeness (QED) is 0.218. The highest BCUT2D eigenvalue weighted by Crippen LogP contribution is 2.31. The molecule has 0 radical (unpaired) electrons. The van der Waals surface area contributed by atoms with Gasteiger partial charge in [0.1, 0.15) is 23.1 Å². The summed E-state index contributed by atoms with van der Waals surface area (Å²) in [5.41, 5.74) is 13.1. The Kier molecular flexibility index (Phi) is 8.39. The Morgan fingerprint density at radius 1 is 1.00 bits per heavy atom. The SMILES string of the molecule is C/C=C\C(=C/C)c1ccc2nc(-c3cccnc3N)n(-c3ccc(CN4CCC(Nc5nccc(C#N)n5)CC4)cc3)c2n1. The average Bonchev–Trinajstić information content (AvgIpc) is 3.44. The van der Waals surface area contributed by atoms with E-state index in [-0.39, 0.29) is 6.04 Å². The van der Waals surface area contributed by atoms with Crippen LogP contribution >= 0.6 is 0 Å². The third-order valence-corrected chi connectivity index (χ3v) is 7.83. The first-order chi connectivity index (χ1) is 21.6. The van der Waals surface area contributed by atoms with Crippen molar-refractivity contribution in [3.8, 4) is 23.1 Å². The summed E-state index contributed by atoms with van der Waals surface area (Å²) in [6, 6.07) is 20.4. The Balaban J connectivity index is 1.24. The fraction of sp³-hybridized carbons (Fsp3) is 0.235. The van der Waals surface area contributed by atoms with Gasteiger partial charge < -0.3 is 11.1 Å². The number of hydrogen-bond acceptors (Lipinski definition) is 9. The lowest BCUT2D eigenvalue weighted by Gasteiger charge is -2.32. The van der Waals surface area contributed by atoms with E-state index in [1.807, 2.05) is 44.2 Å². The highest BCUT2D eigenvalue weighted by molar-refractivity contribution is 5.85. The Morgan fingerprint density at radius 3 is 2.55 bits per heavy atom. The number of likely N-dealkylation sites (tertiary alicyclic amines) is 1. The van der Waals surface area contributed by atoms with E-state index in [2.05, 4.69) is 72.2 Å². The number of piperidine rings is 1. The number of nitrogen functional groups attached to an aromatic ring is 1. The molecule has 0 amide bonds. The molecule has 1 aliphatic heterocycles. The van der Waals surface area contributed by atoms with Gasteiger partial charge in [0, 0.05) is 43.8 Å². The maximum atomic E-state index is 9.10. The molecule has 0 spiro atoms. The van der Waals surface area contributed by atoms with Crippen LogP contribution in [0.25, 0.3) is 33.8 Å². The number of allylic oxidation sites excluding steroid dienone is 4. The normalized spacial score (nSPS) is 14.7. The monoisotopic (exact) mass is 582 g/mol. The van der Waals surface area contributed by atoms with Gasteiger partial charge in [0.15, 0.2) is 11.5 Å². The van der Waals surface area contributed by atoms with Gasteiger partial charge in [-0.2, -0.15) is 5.26 Å². The number of aromatic nitrogens is 6. The Bertz CT molecular complexity index is 1870. The number of nitriles is 1. The second-order valence-corrected chi connectivity index (χ2v) is 10.7. The van der Waals surface area contributed by atoms with Crippen LogP contribution in [-0.4, -0.2) is 53.5 Å². The third kappa shape index (κ3) is 6.04. The highest BCUT2D eigenvalue weighted by atomic mass is 15.2. The smallest absolute Gasteiger partial charge is 0.224 e. The van der Waals surface area contributed by atoms with Crippen molar-refractivity contribution in [2.45, 2.75) is 39.3 Å². The first-order valence-electron chi connectivity index (χ1n) is 14.8. The molecule has 220 valence electrons. The summed E-state index contributed by atoms with van der Waals surface area (Å²) in [6.07, 6.45) is 11.4. The van der Waals surface area contributed by atoms with Gasteiger partial charge in [-0.05, 0) is 80.3 Å². The lowest BCUT2D eigenvalue weighted by molar-refractivity contribution is 0.211. The van der Waals surface area contributed by atoms with Crippen molar-refractivity contribution in [3.05, 3.63) is 102 Å². The summed E-state index contributed by atoms with van der Waals surface area (Å²) in [6.45, 7) is 6.79. The largest absolute Gasteiger partial charge is 0.383 e. The molecule has 0 unspecified atom stereocenters. The van der Waals surface area contributed by atoms with Crippen molar-refractivity contribution in [2.75, 3.05) is 24.1 Å². The van der Waals surface area contributed by atoms with Crippen molar-refractivity contribution in [1.82, 2.24) is 34.4 Å². The lowest BCUT2D eigenvalue weighted by Crippen LogP contribution is -2.39. The van der Waals surface area contributed by atoms with Crippen molar-refractivity contribution in [3.63, 3.8) is 0 Å². The van der Waals surface area contributed by atoms with Crippen LogP contribution in [0.4, 0.5) is 11.8 Å². The summed E-state index contributed by atoms with van der Waals surface area (Å²) in [5.74, 6) is 1.64. The van der Waals surface area contributed by atoms with Gasteiger partial charge in [-0.15, -0.1) is 0 Å². The number of anilines is 2. The average molecular weight is 583 g/mol. The van der Waals surface area contributed by atoms with E-state index in [4.69, 9.17) is 21.0 Å². The number of pyridine rings is 2.